The zero-order valence-electron chi connectivity index (χ0n) is 19.1. The summed E-state index contributed by atoms with van der Waals surface area (Å²) in [6.07, 6.45) is 3.88. The van der Waals surface area contributed by atoms with Crippen molar-refractivity contribution < 1.29 is 43.3 Å². The number of hydrogen-bond donors (Lipinski definition) is 3. The predicted octanol–water partition coefficient (Wildman–Crippen LogP) is 1.56. The number of para-hydroxylation sites is 1. The van der Waals surface area contributed by atoms with Crippen molar-refractivity contribution in [2.45, 2.75) is 17.1 Å². The van der Waals surface area contributed by atoms with E-state index in [0.29, 0.717) is 41.4 Å². The van der Waals surface area contributed by atoms with E-state index in [1.165, 1.54) is 13.2 Å². The fourth-order valence-electron chi connectivity index (χ4n) is 4.38. The van der Waals surface area contributed by atoms with E-state index in [-0.39, 0.29) is 15.7 Å². The van der Waals surface area contributed by atoms with E-state index in [4.69, 9.17) is 12.5 Å². The number of nitrogens with zero attached hydrogens (tertiary/aromatic N) is 1. The quantitative estimate of drug-likeness (QED) is 0.188. The Morgan fingerprint density at radius 2 is 2.11 bits per heavy atom. The molecular weight excluding hydrogens is 578 g/mol. The fraction of sp³-hybridized carbons (Fsp3) is 0.154. The molecule has 36 heavy (non-hydrogen) atoms. The number of amides is 1. The summed E-state index contributed by atoms with van der Waals surface area (Å²) in [6, 6.07) is 14.2. The van der Waals surface area contributed by atoms with Gasteiger partial charge in [-0.2, -0.15) is 0 Å². The number of fused-ring (bicyclic) bond motifs is 6. The predicted molar refractivity (Wildman–Crippen MR) is 127 cm³/mol. The van der Waals surface area contributed by atoms with Crippen molar-refractivity contribution in [3.05, 3.63) is 83.6 Å². The van der Waals surface area contributed by atoms with E-state index in [2.05, 4.69) is 20.6 Å². The molecule has 4 heterocycles. The standard InChI is InChI=1S/C26H21FIN4O4/c1-34-25-17(27)6-3-7-18(25)30-24-22-19-11-21(32-26(22)33)28-36-15-5-2-4-14(10-15)13-35-20-12-29-9-8-16(20)23(24)31-19/h2-10,12,21,30-31H,11,13H2,1H3,(H,32,33)/q-1/t21-/m0/s1. The molecule has 2 aliphatic rings. The molecule has 0 saturated carbocycles. The Balaban J connectivity index is 1.52. The van der Waals surface area contributed by atoms with Crippen LogP contribution in [-0.2, 0) is 13.0 Å². The number of carbonyl (C=O) groups excluding carboxylic acids is 1. The molecule has 6 rings (SSSR count). The first-order valence-electron chi connectivity index (χ1n) is 11.2. The van der Waals surface area contributed by atoms with Crippen LogP contribution in [0, 0.1) is 5.82 Å². The van der Waals surface area contributed by atoms with Crippen molar-refractivity contribution in [1.29, 1.82) is 0 Å². The van der Waals surface area contributed by atoms with Gasteiger partial charge in [-0.05, 0) is 0 Å². The summed E-state index contributed by atoms with van der Waals surface area (Å²) in [7, 11) is 1.41. The molecule has 0 unspecified atom stereocenters. The van der Waals surface area contributed by atoms with Gasteiger partial charge in [-0.1, -0.05) is 0 Å². The van der Waals surface area contributed by atoms with E-state index < -0.39 is 27.4 Å². The second kappa shape index (κ2) is 9.34. The third-order valence-electron chi connectivity index (χ3n) is 5.99. The van der Waals surface area contributed by atoms with Crippen LogP contribution in [0.4, 0.5) is 15.8 Å². The average molecular weight is 599 g/mol. The topological polar surface area (TPSA) is 97.5 Å². The number of nitrogens with one attached hydrogen (secondary N) is 3. The van der Waals surface area contributed by atoms with Gasteiger partial charge >= 0.3 is 217 Å². The first-order chi connectivity index (χ1) is 17.6. The number of carbonyl (C=O) groups is 1. The number of ether oxygens (including phenoxy) is 2. The molecule has 0 spiro atoms. The summed E-state index contributed by atoms with van der Waals surface area (Å²) in [6.45, 7) is 0.315. The molecule has 2 aliphatic heterocycles. The Morgan fingerprint density at radius 1 is 1.22 bits per heavy atom. The molecule has 1 atom stereocenters. The van der Waals surface area contributed by atoms with Gasteiger partial charge in [0.15, 0.2) is 0 Å². The number of anilines is 2. The minimum absolute atomic E-state index is 0.0585. The van der Waals surface area contributed by atoms with Crippen LogP contribution in [0.2, 0.25) is 0 Å². The molecule has 8 nitrogen and oxygen atoms in total. The molecule has 10 heteroatoms. The molecule has 2 aromatic heterocycles. The van der Waals surface area contributed by atoms with Crippen LogP contribution in [0.15, 0.2) is 60.9 Å². The number of alkyl halides is 1. The molecule has 0 fully saturated rings. The van der Waals surface area contributed by atoms with E-state index in [9.17, 15) is 9.18 Å². The zero-order valence-corrected chi connectivity index (χ0v) is 21.3. The van der Waals surface area contributed by atoms with Crippen molar-refractivity contribution in [2.75, 3.05) is 12.4 Å². The molecular formula is C26H21FIN4O4-. The average Bonchev–Trinajstić information content (AvgIpc) is 3.25. The van der Waals surface area contributed by atoms with Crippen molar-refractivity contribution in [3.63, 3.8) is 0 Å². The minimum atomic E-state index is -0.841. The Bertz CT molecular complexity index is 1470. The normalized spacial score (nSPS) is 16.4. The molecule has 0 saturated heterocycles. The summed E-state index contributed by atoms with van der Waals surface area (Å²) in [5, 5.41) is 6.36. The number of aromatic nitrogens is 2. The van der Waals surface area contributed by atoms with E-state index in [1.54, 1.807) is 24.5 Å². The van der Waals surface area contributed by atoms with Gasteiger partial charge in [0.2, 0.25) is 0 Å². The first kappa shape index (κ1) is 22.7. The molecule has 184 valence electrons. The molecule has 0 aliphatic carbocycles. The van der Waals surface area contributed by atoms with Crippen molar-refractivity contribution in [3.8, 4) is 28.5 Å². The Kier molecular flexibility index (Phi) is 5.88. The summed E-state index contributed by atoms with van der Waals surface area (Å²) in [5.41, 5.74) is 4.47. The number of halogens is 2. The molecule has 5 bridgehead atoms. The zero-order chi connectivity index (χ0) is 24.6. The summed E-state index contributed by atoms with van der Waals surface area (Å²) in [5.74, 6) is 0.611. The number of hydrogen-bond acceptors (Lipinski definition) is 6. The van der Waals surface area contributed by atoms with Gasteiger partial charge in [0.05, 0.1) is 0 Å². The first-order valence-corrected chi connectivity index (χ1v) is 13.3. The number of benzene rings is 2. The summed E-state index contributed by atoms with van der Waals surface area (Å²) in [4.78, 5) is 21.1. The number of pyridine rings is 1. The van der Waals surface area contributed by atoms with Crippen molar-refractivity contribution in [1.82, 2.24) is 15.3 Å². The van der Waals surface area contributed by atoms with Crippen LogP contribution in [-0.4, -0.2) is 27.0 Å². The third-order valence-corrected chi connectivity index (χ3v) is 8.12. The van der Waals surface area contributed by atoms with E-state index in [1.807, 2.05) is 30.3 Å². The van der Waals surface area contributed by atoms with Crippen LogP contribution in [0.3, 0.4) is 0 Å². The molecule has 4 aromatic rings. The van der Waals surface area contributed by atoms with E-state index in [0.717, 1.165) is 22.6 Å². The third kappa shape index (κ3) is 4.11. The second-order valence-corrected chi connectivity index (χ2v) is 10.7. The van der Waals surface area contributed by atoms with Gasteiger partial charge in [-0.15, -0.1) is 0 Å². The second-order valence-electron chi connectivity index (χ2n) is 8.29. The molecule has 2 aromatic carbocycles. The Labute approximate surface area is 217 Å². The van der Waals surface area contributed by atoms with Gasteiger partial charge < -0.3 is 0 Å². The SMILES string of the molecule is COc1c(F)cccc1Nc1c2[nH]c3c1C(=O)N[C@@H](C3)[I-]Oc1cccc(c1)COc1cnccc1-2. The molecule has 0 radical (unpaired) electrons. The van der Waals surface area contributed by atoms with Crippen LogP contribution in [0.5, 0.6) is 17.2 Å². The van der Waals surface area contributed by atoms with Crippen LogP contribution < -0.4 is 44.8 Å². The Hall–Kier alpha value is -3.80. The number of rotatable bonds is 3. The van der Waals surface area contributed by atoms with Crippen molar-refractivity contribution in [2.24, 2.45) is 0 Å². The van der Waals surface area contributed by atoms with Gasteiger partial charge in [0.25, 0.3) is 0 Å². The summed E-state index contributed by atoms with van der Waals surface area (Å²) < 4.78 is 31.9. The van der Waals surface area contributed by atoms with Gasteiger partial charge in [0.1, 0.15) is 0 Å². The number of H-pyrrole nitrogens is 1. The van der Waals surface area contributed by atoms with Gasteiger partial charge in [0, 0.05) is 0 Å². The van der Waals surface area contributed by atoms with Crippen LogP contribution in [0.1, 0.15) is 21.6 Å². The van der Waals surface area contributed by atoms with E-state index >= 15 is 0 Å². The molecule has 1 amide bonds. The molecule has 3 N–H and O–H groups in total. The van der Waals surface area contributed by atoms with Crippen molar-refractivity contribution >= 4 is 17.3 Å². The fourth-order valence-corrected chi connectivity index (χ4v) is 6.29. The maximum absolute atomic E-state index is 14.5. The number of aromatic amines is 1. The Morgan fingerprint density at radius 3 is 3.00 bits per heavy atom. The van der Waals surface area contributed by atoms with Crippen LogP contribution >= 0.6 is 0 Å². The monoisotopic (exact) mass is 599 g/mol. The van der Waals surface area contributed by atoms with Gasteiger partial charge in [-0.25, -0.2) is 0 Å². The van der Waals surface area contributed by atoms with Crippen LogP contribution in [0.25, 0.3) is 11.3 Å². The maximum atomic E-state index is 14.5. The summed E-state index contributed by atoms with van der Waals surface area (Å²) >= 11 is -0.841. The number of methoxy groups -OCH3 is 1. The van der Waals surface area contributed by atoms with Gasteiger partial charge in [-0.3, -0.25) is 0 Å².